The van der Waals surface area contributed by atoms with Gasteiger partial charge in [0.05, 0.1) is 6.57 Å². The SMILES string of the molecule is [C-]#[N+]c1ccccc1-c1nc(Cl)nc(-c2ccccc2)n1. The normalized spacial score (nSPS) is 10.1. The molecule has 0 aliphatic heterocycles. The summed E-state index contributed by atoms with van der Waals surface area (Å²) in [6, 6.07) is 16.7. The predicted molar refractivity (Wildman–Crippen MR) is 82.0 cm³/mol. The van der Waals surface area contributed by atoms with E-state index in [4.69, 9.17) is 18.2 Å². The molecule has 0 saturated carbocycles. The van der Waals surface area contributed by atoms with Gasteiger partial charge in [-0.05, 0) is 11.6 Å². The van der Waals surface area contributed by atoms with Crippen LogP contribution in [0.4, 0.5) is 5.69 Å². The van der Waals surface area contributed by atoms with Crippen LogP contribution in [0.2, 0.25) is 5.28 Å². The van der Waals surface area contributed by atoms with Crippen LogP contribution < -0.4 is 0 Å². The molecule has 100 valence electrons. The van der Waals surface area contributed by atoms with Gasteiger partial charge in [-0.3, -0.25) is 0 Å². The zero-order valence-electron chi connectivity index (χ0n) is 10.9. The van der Waals surface area contributed by atoms with Crippen LogP contribution in [0, 0.1) is 6.57 Å². The van der Waals surface area contributed by atoms with Crippen molar-refractivity contribution in [3.05, 3.63) is 71.3 Å². The number of hydrogen-bond donors (Lipinski definition) is 0. The molecule has 0 unspecified atom stereocenters. The molecule has 0 spiro atoms. The molecule has 0 amide bonds. The highest BCUT2D eigenvalue weighted by Crippen LogP contribution is 2.29. The number of para-hydroxylation sites is 1. The second-order valence-corrected chi connectivity index (χ2v) is 4.58. The van der Waals surface area contributed by atoms with Gasteiger partial charge in [0.25, 0.3) is 0 Å². The summed E-state index contributed by atoms with van der Waals surface area (Å²) < 4.78 is 0. The Kier molecular flexibility index (Phi) is 3.59. The maximum atomic E-state index is 7.23. The molecule has 0 aliphatic carbocycles. The molecule has 5 heteroatoms. The molecule has 3 aromatic rings. The molecular formula is C16H9ClN4. The summed E-state index contributed by atoms with van der Waals surface area (Å²) in [6.07, 6.45) is 0. The van der Waals surface area contributed by atoms with Crippen molar-refractivity contribution in [2.24, 2.45) is 0 Å². The average Bonchev–Trinajstić information content (AvgIpc) is 2.55. The predicted octanol–water partition coefficient (Wildman–Crippen LogP) is 4.41. The molecule has 0 fully saturated rings. The smallest absolute Gasteiger partial charge is 0.226 e. The van der Waals surface area contributed by atoms with Crippen LogP contribution >= 0.6 is 11.6 Å². The topological polar surface area (TPSA) is 43.0 Å². The van der Waals surface area contributed by atoms with E-state index >= 15 is 0 Å². The van der Waals surface area contributed by atoms with Crippen molar-refractivity contribution in [1.29, 1.82) is 0 Å². The zero-order valence-corrected chi connectivity index (χ0v) is 11.6. The summed E-state index contributed by atoms with van der Waals surface area (Å²) >= 11 is 6.01. The van der Waals surface area contributed by atoms with Gasteiger partial charge < -0.3 is 0 Å². The standard InChI is InChI=1S/C16H9ClN4/c1-18-13-10-6-5-9-12(13)15-19-14(20-16(17)21-15)11-7-3-2-4-8-11/h2-10H. The van der Waals surface area contributed by atoms with E-state index in [1.165, 1.54) is 0 Å². The third-order valence-corrected chi connectivity index (χ3v) is 3.07. The number of aromatic nitrogens is 3. The molecule has 4 nitrogen and oxygen atoms in total. The molecule has 1 heterocycles. The summed E-state index contributed by atoms with van der Waals surface area (Å²) in [5, 5.41) is 0.110. The van der Waals surface area contributed by atoms with Crippen LogP contribution in [0.15, 0.2) is 54.6 Å². The van der Waals surface area contributed by atoms with Gasteiger partial charge in [0.2, 0.25) is 5.28 Å². The first-order chi connectivity index (χ1) is 10.3. The van der Waals surface area contributed by atoms with E-state index in [-0.39, 0.29) is 5.28 Å². The van der Waals surface area contributed by atoms with Gasteiger partial charge >= 0.3 is 0 Å². The minimum atomic E-state index is 0.110. The molecule has 0 atom stereocenters. The van der Waals surface area contributed by atoms with E-state index in [9.17, 15) is 0 Å². The van der Waals surface area contributed by atoms with E-state index < -0.39 is 0 Å². The first kappa shape index (κ1) is 13.2. The summed E-state index contributed by atoms with van der Waals surface area (Å²) in [6.45, 7) is 7.23. The van der Waals surface area contributed by atoms with E-state index in [1.807, 2.05) is 36.4 Å². The number of rotatable bonds is 2. The van der Waals surface area contributed by atoms with E-state index in [0.717, 1.165) is 5.56 Å². The Balaban J connectivity index is 2.17. The third-order valence-electron chi connectivity index (χ3n) is 2.91. The van der Waals surface area contributed by atoms with E-state index in [2.05, 4.69) is 19.8 Å². The summed E-state index contributed by atoms with van der Waals surface area (Å²) in [4.78, 5) is 16.2. The molecule has 0 saturated heterocycles. The maximum Gasteiger partial charge on any atom is 0.226 e. The Bertz CT molecular complexity index is 825. The van der Waals surface area contributed by atoms with Crippen molar-refractivity contribution >= 4 is 17.3 Å². The molecule has 0 aliphatic rings. The molecule has 21 heavy (non-hydrogen) atoms. The van der Waals surface area contributed by atoms with Gasteiger partial charge in [0.1, 0.15) is 0 Å². The van der Waals surface area contributed by atoms with E-state index in [1.54, 1.807) is 18.2 Å². The number of halogens is 1. The van der Waals surface area contributed by atoms with Crippen LogP contribution in [0.25, 0.3) is 27.6 Å². The first-order valence-electron chi connectivity index (χ1n) is 6.22. The van der Waals surface area contributed by atoms with Crippen molar-refractivity contribution in [3.8, 4) is 22.8 Å². The average molecular weight is 293 g/mol. The number of hydrogen-bond acceptors (Lipinski definition) is 3. The zero-order chi connectivity index (χ0) is 14.7. The Morgan fingerprint density at radius 2 is 1.48 bits per heavy atom. The van der Waals surface area contributed by atoms with Crippen LogP contribution in [-0.4, -0.2) is 15.0 Å². The number of nitrogens with zero attached hydrogens (tertiary/aromatic N) is 4. The molecule has 0 N–H and O–H groups in total. The third kappa shape index (κ3) is 2.73. The lowest BCUT2D eigenvalue weighted by Gasteiger charge is -2.06. The summed E-state index contributed by atoms with van der Waals surface area (Å²) in [5.74, 6) is 0.894. The molecular weight excluding hydrogens is 284 g/mol. The Morgan fingerprint density at radius 1 is 0.810 bits per heavy atom. The minimum absolute atomic E-state index is 0.110. The van der Waals surface area contributed by atoms with Crippen LogP contribution in [0.5, 0.6) is 0 Å². The fourth-order valence-electron chi connectivity index (χ4n) is 1.95. The Labute approximate surface area is 126 Å². The second kappa shape index (κ2) is 5.70. The van der Waals surface area contributed by atoms with Gasteiger partial charge in [-0.2, -0.15) is 9.97 Å². The molecule has 0 radical (unpaired) electrons. The monoisotopic (exact) mass is 292 g/mol. The maximum absolute atomic E-state index is 7.23. The summed E-state index contributed by atoms with van der Waals surface area (Å²) in [5.41, 5.74) is 1.98. The molecule has 2 aromatic carbocycles. The van der Waals surface area contributed by atoms with Crippen molar-refractivity contribution in [2.75, 3.05) is 0 Å². The molecule has 1 aromatic heterocycles. The Hall–Kier alpha value is -2.77. The lowest BCUT2D eigenvalue weighted by atomic mass is 10.1. The van der Waals surface area contributed by atoms with E-state index in [0.29, 0.717) is 22.9 Å². The van der Waals surface area contributed by atoms with Crippen LogP contribution in [-0.2, 0) is 0 Å². The first-order valence-corrected chi connectivity index (χ1v) is 6.59. The largest absolute Gasteiger partial charge is 0.237 e. The van der Waals surface area contributed by atoms with Crippen molar-refractivity contribution in [1.82, 2.24) is 15.0 Å². The van der Waals surface area contributed by atoms with Crippen LogP contribution in [0.1, 0.15) is 0 Å². The molecule has 3 rings (SSSR count). The van der Waals surface area contributed by atoms with Crippen LogP contribution in [0.3, 0.4) is 0 Å². The highest BCUT2D eigenvalue weighted by molar-refractivity contribution is 6.28. The number of benzene rings is 2. The van der Waals surface area contributed by atoms with Crippen molar-refractivity contribution in [2.45, 2.75) is 0 Å². The quantitative estimate of drug-likeness (QED) is 0.657. The van der Waals surface area contributed by atoms with Crippen molar-refractivity contribution < 1.29 is 0 Å². The fraction of sp³-hybridized carbons (Fsp3) is 0. The fourth-order valence-corrected chi connectivity index (χ4v) is 2.11. The van der Waals surface area contributed by atoms with Gasteiger partial charge in [-0.15, -0.1) is 0 Å². The van der Waals surface area contributed by atoms with Gasteiger partial charge in [-0.1, -0.05) is 54.6 Å². The lowest BCUT2D eigenvalue weighted by Crippen LogP contribution is -1.97. The summed E-state index contributed by atoms with van der Waals surface area (Å²) in [7, 11) is 0. The lowest BCUT2D eigenvalue weighted by molar-refractivity contribution is 1.07. The highest BCUT2D eigenvalue weighted by Gasteiger charge is 2.11. The van der Waals surface area contributed by atoms with Gasteiger partial charge in [-0.25, -0.2) is 9.83 Å². The Morgan fingerprint density at radius 3 is 2.24 bits per heavy atom. The second-order valence-electron chi connectivity index (χ2n) is 4.25. The molecule has 0 bridgehead atoms. The van der Waals surface area contributed by atoms with Gasteiger partial charge in [0.15, 0.2) is 17.3 Å². The van der Waals surface area contributed by atoms with Gasteiger partial charge in [0, 0.05) is 11.1 Å². The highest BCUT2D eigenvalue weighted by atomic mass is 35.5. The van der Waals surface area contributed by atoms with Crippen molar-refractivity contribution in [3.63, 3.8) is 0 Å². The minimum Gasteiger partial charge on any atom is -0.237 e.